The van der Waals surface area contributed by atoms with Gasteiger partial charge in [-0.1, -0.05) is 18.2 Å². The minimum atomic E-state index is -1.15. The fourth-order valence-corrected chi connectivity index (χ4v) is 3.47. The molecule has 0 radical (unpaired) electrons. The number of nitrogens with one attached hydrogen (secondary N) is 1. The molecule has 0 spiro atoms. The van der Waals surface area contributed by atoms with Crippen LogP contribution in [0.3, 0.4) is 0 Å². The van der Waals surface area contributed by atoms with Crippen molar-refractivity contribution in [2.24, 2.45) is 0 Å². The summed E-state index contributed by atoms with van der Waals surface area (Å²) in [6, 6.07) is 9.63. The number of ketones is 1. The zero-order chi connectivity index (χ0) is 21.4. The Hall–Kier alpha value is -3.88. The number of aromatic nitrogens is 1. The molecule has 0 fully saturated rings. The topological polar surface area (TPSA) is 121 Å². The molecule has 154 valence electrons. The minimum absolute atomic E-state index is 0.183. The molecule has 9 heteroatoms. The van der Waals surface area contributed by atoms with Gasteiger partial charge < -0.3 is 19.2 Å². The molecule has 1 aromatic heterocycles. The van der Waals surface area contributed by atoms with Crippen LogP contribution in [0.15, 0.2) is 36.4 Å². The molecule has 2 aromatic carbocycles. The normalized spacial score (nSPS) is 13.7. The maximum absolute atomic E-state index is 13.0. The van der Waals surface area contributed by atoms with E-state index in [9.17, 15) is 19.7 Å². The van der Waals surface area contributed by atoms with Gasteiger partial charge in [0.2, 0.25) is 5.78 Å². The van der Waals surface area contributed by atoms with Crippen LogP contribution in [-0.4, -0.2) is 41.0 Å². The second kappa shape index (κ2) is 7.51. The summed E-state index contributed by atoms with van der Waals surface area (Å²) in [5, 5.41) is 12.2. The van der Waals surface area contributed by atoms with Crippen LogP contribution in [0.25, 0.3) is 10.9 Å². The molecule has 9 nitrogen and oxygen atoms in total. The summed E-state index contributed by atoms with van der Waals surface area (Å²) in [7, 11) is 0. The largest absolute Gasteiger partial charge is 0.486 e. The molecule has 0 amide bonds. The Morgan fingerprint density at radius 1 is 1.17 bits per heavy atom. The van der Waals surface area contributed by atoms with Gasteiger partial charge in [-0.25, -0.2) is 4.79 Å². The van der Waals surface area contributed by atoms with E-state index in [0.29, 0.717) is 16.6 Å². The Bertz CT molecular complexity index is 1180. The van der Waals surface area contributed by atoms with Crippen LogP contribution in [0.2, 0.25) is 0 Å². The lowest BCUT2D eigenvalue weighted by atomic mass is 10.0. The fourth-order valence-electron chi connectivity index (χ4n) is 3.47. The molecular weight excluding hydrogens is 392 g/mol. The number of aromatic amines is 1. The number of hydrogen-bond acceptors (Lipinski definition) is 7. The molecule has 0 bridgehead atoms. The van der Waals surface area contributed by atoms with Crippen molar-refractivity contribution >= 4 is 28.3 Å². The molecule has 1 aliphatic heterocycles. The maximum Gasteiger partial charge on any atom is 0.346 e. The molecule has 0 saturated carbocycles. The van der Waals surface area contributed by atoms with Gasteiger partial charge in [-0.3, -0.25) is 14.9 Å². The molecule has 1 N–H and O–H groups in total. The summed E-state index contributed by atoms with van der Waals surface area (Å²) >= 11 is 0. The van der Waals surface area contributed by atoms with E-state index < -0.39 is 28.5 Å². The summed E-state index contributed by atoms with van der Waals surface area (Å²) in [4.78, 5) is 39.6. The van der Waals surface area contributed by atoms with Crippen molar-refractivity contribution in [3.63, 3.8) is 0 Å². The molecule has 3 aromatic rings. The summed E-state index contributed by atoms with van der Waals surface area (Å²) in [5.41, 5.74) is 1.07. The highest BCUT2D eigenvalue weighted by Crippen LogP contribution is 2.37. The summed E-state index contributed by atoms with van der Waals surface area (Å²) in [5.74, 6) is -0.996. The van der Waals surface area contributed by atoms with Crippen LogP contribution in [0.4, 0.5) is 5.69 Å². The number of hydrogen-bond donors (Lipinski definition) is 1. The number of ether oxygens (including phenoxy) is 3. The number of nitro benzene ring substituents is 1. The van der Waals surface area contributed by atoms with E-state index in [1.165, 1.54) is 13.0 Å². The third kappa shape index (κ3) is 3.34. The molecule has 2 heterocycles. The summed E-state index contributed by atoms with van der Waals surface area (Å²) in [6.07, 6.45) is -1.15. The van der Waals surface area contributed by atoms with Gasteiger partial charge in [-0.15, -0.1) is 0 Å². The Morgan fingerprint density at radius 2 is 1.83 bits per heavy atom. The van der Waals surface area contributed by atoms with Gasteiger partial charge in [0.1, 0.15) is 18.8 Å². The Labute approximate surface area is 170 Å². The molecular formula is C21H18N2O7. The molecule has 1 aliphatic rings. The lowest BCUT2D eigenvalue weighted by Crippen LogP contribution is -2.25. The number of rotatable bonds is 5. The SMILES string of the molecule is Cc1[nH]c2ccccc2c1C(=O)[C@H](C)OC(=O)c1cc2c(cc1[N+](=O)[O-])OCCO2. The zero-order valence-corrected chi connectivity index (χ0v) is 16.3. The number of benzene rings is 2. The summed E-state index contributed by atoms with van der Waals surface area (Å²) < 4.78 is 16.0. The first-order valence-corrected chi connectivity index (χ1v) is 9.27. The Balaban J connectivity index is 1.63. The first kappa shape index (κ1) is 19.4. The number of aryl methyl sites for hydroxylation is 1. The molecule has 30 heavy (non-hydrogen) atoms. The van der Waals surface area contributed by atoms with Crippen LogP contribution < -0.4 is 9.47 Å². The predicted octanol–water partition coefficient (Wildman–Crippen LogP) is 3.58. The average molecular weight is 410 g/mol. The van der Waals surface area contributed by atoms with Gasteiger partial charge in [-0.05, 0) is 19.9 Å². The lowest BCUT2D eigenvalue weighted by Gasteiger charge is -2.19. The van der Waals surface area contributed by atoms with Crippen LogP contribution in [-0.2, 0) is 4.74 Å². The van der Waals surface area contributed by atoms with Crippen LogP contribution in [0, 0.1) is 17.0 Å². The molecule has 0 unspecified atom stereocenters. The highest BCUT2D eigenvalue weighted by atomic mass is 16.6. The van der Waals surface area contributed by atoms with Gasteiger partial charge in [-0.2, -0.15) is 0 Å². The van der Waals surface area contributed by atoms with E-state index in [4.69, 9.17) is 14.2 Å². The van der Waals surface area contributed by atoms with Gasteiger partial charge in [0, 0.05) is 28.2 Å². The van der Waals surface area contributed by atoms with E-state index in [0.717, 1.165) is 11.6 Å². The standard InChI is InChI=1S/C21H18N2O7/c1-11-19(13-5-3-4-6-15(13)22-11)20(24)12(2)30-21(25)14-9-17-18(29-8-7-28-17)10-16(14)23(26)27/h3-6,9-10,12,22H,7-8H2,1-2H3/t12-/m0/s1. The third-order valence-electron chi connectivity index (χ3n) is 4.87. The average Bonchev–Trinajstić information content (AvgIpc) is 3.07. The first-order valence-electron chi connectivity index (χ1n) is 9.27. The van der Waals surface area contributed by atoms with Crippen LogP contribution in [0.5, 0.6) is 11.5 Å². The number of fused-ring (bicyclic) bond motifs is 2. The van der Waals surface area contributed by atoms with Gasteiger partial charge in [0.25, 0.3) is 5.69 Å². The fraction of sp³-hybridized carbons (Fsp3) is 0.238. The number of carbonyl (C=O) groups is 2. The second-order valence-electron chi connectivity index (χ2n) is 6.85. The third-order valence-corrected chi connectivity index (χ3v) is 4.87. The van der Waals surface area contributed by atoms with Gasteiger partial charge in [0.05, 0.1) is 11.0 Å². The van der Waals surface area contributed by atoms with E-state index >= 15 is 0 Å². The molecule has 0 aliphatic carbocycles. The molecule has 4 rings (SSSR count). The van der Waals surface area contributed by atoms with Gasteiger partial charge >= 0.3 is 5.97 Å². The van der Waals surface area contributed by atoms with Crippen LogP contribution in [0.1, 0.15) is 33.3 Å². The zero-order valence-electron chi connectivity index (χ0n) is 16.3. The summed E-state index contributed by atoms with van der Waals surface area (Å²) in [6.45, 7) is 3.70. The number of carbonyl (C=O) groups excluding carboxylic acids is 2. The van der Waals surface area contributed by atoms with E-state index in [-0.39, 0.29) is 30.3 Å². The van der Waals surface area contributed by atoms with Crippen molar-refractivity contribution < 1.29 is 28.7 Å². The van der Waals surface area contributed by atoms with Crippen molar-refractivity contribution in [1.82, 2.24) is 4.98 Å². The van der Waals surface area contributed by atoms with Crippen molar-refractivity contribution in [2.75, 3.05) is 13.2 Å². The monoisotopic (exact) mass is 410 g/mol. The lowest BCUT2D eigenvalue weighted by molar-refractivity contribution is -0.385. The quantitative estimate of drug-likeness (QED) is 0.295. The second-order valence-corrected chi connectivity index (χ2v) is 6.85. The first-order chi connectivity index (χ1) is 14.4. The highest BCUT2D eigenvalue weighted by molar-refractivity contribution is 6.12. The Kier molecular flexibility index (Phi) is 4.86. The van der Waals surface area contributed by atoms with Crippen LogP contribution >= 0.6 is 0 Å². The maximum atomic E-state index is 13.0. The smallest absolute Gasteiger partial charge is 0.346 e. The molecule has 1 atom stereocenters. The molecule has 0 saturated heterocycles. The van der Waals surface area contributed by atoms with Crippen molar-refractivity contribution in [3.8, 4) is 11.5 Å². The number of nitro groups is 1. The van der Waals surface area contributed by atoms with E-state index in [1.54, 1.807) is 13.0 Å². The van der Waals surface area contributed by atoms with Crippen molar-refractivity contribution in [2.45, 2.75) is 20.0 Å². The number of H-pyrrole nitrogens is 1. The minimum Gasteiger partial charge on any atom is -0.486 e. The number of Topliss-reactive ketones (excluding diaryl/α,β-unsaturated/α-hetero) is 1. The van der Waals surface area contributed by atoms with E-state index in [2.05, 4.69) is 4.98 Å². The van der Waals surface area contributed by atoms with Gasteiger partial charge in [0.15, 0.2) is 17.6 Å². The highest BCUT2D eigenvalue weighted by Gasteiger charge is 2.30. The Morgan fingerprint density at radius 3 is 2.53 bits per heavy atom. The van der Waals surface area contributed by atoms with Crippen molar-refractivity contribution in [3.05, 3.63) is 63.3 Å². The number of esters is 1. The number of nitrogens with zero attached hydrogens (tertiary/aromatic N) is 1. The van der Waals surface area contributed by atoms with E-state index in [1.807, 2.05) is 18.2 Å². The number of para-hydroxylation sites is 1. The van der Waals surface area contributed by atoms with Crippen molar-refractivity contribution in [1.29, 1.82) is 0 Å². The predicted molar refractivity (Wildman–Crippen MR) is 106 cm³/mol.